The smallest absolute Gasteiger partial charge is 0.281 e. The highest BCUT2D eigenvalue weighted by Crippen LogP contribution is 2.23. The van der Waals surface area contributed by atoms with Crippen molar-refractivity contribution in [3.8, 4) is 0 Å². The van der Waals surface area contributed by atoms with Crippen molar-refractivity contribution >= 4 is 27.4 Å². The highest BCUT2D eigenvalue weighted by molar-refractivity contribution is 7.86. The van der Waals surface area contributed by atoms with Crippen molar-refractivity contribution in [3.05, 3.63) is 0 Å². The van der Waals surface area contributed by atoms with Gasteiger partial charge in [0.1, 0.15) is 0 Å². The van der Waals surface area contributed by atoms with E-state index >= 15 is 0 Å². The molecule has 0 spiro atoms. The van der Waals surface area contributed by atoms with Crippen molar-refractivity contribution in [2.24, 2.45) is 11.7 Å². The molecule has 0 aromatic carbocycles. The van der Waals surface area contributed by atoms with Crippen LogP contribution in [-0.4, -0.2) is 48.2 Å². The summed E-state index contributed by atoms with van der Waals surface area (Å²) in [4.78, 5) is 0.438. The van der Waals surface area contributed by atoms with E-state index in [2.05, 4.69) is 0 Å². The first kappa shape index (κ1) is 14.2. The number of rotatable bonds is 3. The fraction of sp³-hybridized carbons (Fsp3) is 0.909. The van der Waals surface area contributed by atoms with Gasteiger partial charge in [0.05, 0.1) is 4.99 Å². The topological polar surface area (TPSA) is 66.6 Å². The van der Waals surface area contributed by atoms with Crippen LogP contribution in [0.15, 0.2) is 0 Å². The van der Waals surface area contributed by atoms with Gasteiger partial charge in [-0.15, -0.1) is 0 Å². The van der Waals surface area contributed by atoms with E-state index in [0.717, 1.165) is 32.1 Å². The Morgan fingerprint density at radius 1 is 1.06 bits per heavy atom. The molecule has 5 nitrogen and oxygen atoms in total. The summed E-state index contributed by atoms with van der Waals surface area (Å²) in [6.07, 6.45) is 4.80. The van der Waals surface area contributed by atoms with Crippen LogP contribution in [-0.2, 0) is 10.2 Å². The van der Waals surface area contributed by atoms with Crippen LogP contribution in [0.1, 0.15) is 32.1 Å². The van der Waals surface area contributed by atoms with E-state index < -0.39 is 10.2 Å². The molecule has 0 radical (unpaired) electrons. The second-order valence-electron chi connectivity index (χ2n) is 5.07. The lowest BCUT2D eigenvalue weighted by atomic mass is 10.0. The van der Waals surface area contributed by atoms with Crippen LogP contribution in [0, 0.1) is 5.92 Å². The fourth-order valence-corrected chi connectivity index (χ4v) is 4.61. The van der Waals surface area contributed by atoms with Crippen LogP contribution in [0.2, 0.25) is 0 Å². The summed E-state index contributed by atoms with van der Waals surface area (Å²) in [5, 5.41) is 0. The van der Waals surface area contributed by atoms with Crippen molar-refractivity contribution in [2.45, 2.75) is 32.1 Å². The highest BCUT2D eigenvalue weighted by atomic mass is 32.2. The Hall–Kier alpha value is -0.240. The molecule has 104 valence electrons. The average Bonchev–Trinajstić information content (AvgIpc) is 2.40. The van der Waals surface area contributed by atoms with Gasteiger partial charge >= 0.3 is 0 Å². The van der Waals surface area contributed by atoms with Crippen LogP contribution in [0.4, 0.5) is 0 Å². The Morgan fingerprint density at radius 3 is 2.28 bits per heavy atom. The molecule has 2 N–H and O–H groups in total. The maximum atomic E-state index is 12.5. The van der Waals surface area contributed by atoms with E-state index in [1.165, 1.54) is 0 Å². The zero-order valence-corrected chi connectivity index (χ0v) is 12.2. The third kappa shape index (κ3) is 3.01. The van der Waals surface area contributed by atoms with Gasteiger partial charge in [0.25, 0.3) is 10.2 Å². The van der Waals surface area contributed by atoms with Crippen molar-refractivity contribution < 1.29 is 8.42 Å². The molecule has 0 bridgehead atoms. The molecule has 0 amide bonds. The number of hydrogen-bond acceptors (Lipinski definition) is 3. The third-order valence-electron chi connectivity index (χ3n) is 3.75. The van der Waals surface area contributed by atoms with Crippen LogP contribution in [0.3, 0.4) is 0 Å². The molecule has 7 heteroatoms. The minimum absolute atomic E-state index is 0.0355. The molecule has 2 fully saturated rings. The van der Waals surface area contributed by atoms with E-state index in [1.54, 1.807) is 8.61 Å². The predicted molar refractivity (Wildman–Crippen MR) is 75.4 cm³/mol. The van der Waals surface area contributed by atoms with E-state index in [0.29, 0.717) is 31.2 Å². The van der Waals surface area contributed by atoms with E-state index in [-0.39, 0.29) is 5.92 Å². The third-order valence-corrected chi connectivity index (χ3v) is 6.09. The molecule has 1 atom stereocenters. The molecule has 0 aromatic rings. The molecule has 18 heavy (non-hydrogen) atoms. The predicted octanol–water partition coefficient (Wildman–Crippen LogP) is 0.715. The lowest BCUT2D eigenvalue weighted by Crippen LogP contribution is -2.50. The lowest BCUT2D eigenvalue weighted by Gasteiger charge is -2.36. The largest absolute Gasteiger partial charge is 0.393 e. The second kappa shape index (κ2) is 5.81. The zero-order chi connectivity index (χ0) is 13.2. The molecular weight excluding hydrogens is 270 g/mol. The summed E-state index contributed by atoms with van der Waals surface area (Å²) in [7, 11) is -3.30. The Bertz CT molecular complexity index is 405. The van der Waals surface area contributed by atoms with Crippen LogP contribution in [0.5, 0.6) is 0 Å². The molecule has 2 saturated heterocycles. The standard InChI is InChI=1S/C11H21N3O2S2/c12-11(17)10-5-4-8-14(9-10)18(15,16)13-6-2-1-3-7-13/h10H,1-9H2,(H2,12,17). The number of piperidine rings is 2. The van der Waals surface area contributed by atoms with Gasteiger partial charge < -0.3 is 5.73 Å². The van der Waals surface area contributed by atoms with Gasteiger partial charge in [0, 0.05) is 32.1 Å². The summed E-state index contributed by atoms with van der Waals surface area (Å²) in [5.74, 6) is 0.0355. The molecule has 2 aliphatic rings. The van der Waals surface area contributed by atoms with Crippen molar-refractivity contribution in [1.82, 2.24) is 8.61 Å². The molecule has 2 heterocycles. The van der Waals surface area contributed by atoms with Crippen molar-refractivity contribution in [2.75, 3.05) is 26.2 Å². The summed E-state index contributed by atoms with van der Waals surface area (Å²) in [6, 6.07) is 0. The molecule has 0 aromatic heterocycles. The molecule has 2 rings (SSSR count). The lowest BCUT2D eigenvalue weighted by molar-refractivity contribution is 0.266. The summed E-state index contributed by atoms with van der Waals surface area (Å²) in [6.45, 7) is 2.35. The number of nitrogens with two attached hydrogens (primary N) is 1. The van der Waals surface area contributed by atoms with Crippen LogP contribution < -0.4 is 5.73 Å². The van der Waals surface area contributed by atoms with Crippen molar-refractivity contribution in [3.63, 3.8) is 0 Å². The Morgan fingerprint density at radius 2 is 1.67 bits per heavy atom. The molecule has 1 unspecified atom stereocenters. The first-order valence-corrected chi connectivity index (χ1v) is 8.37. The van der Waals surface area contributed by atoms with Gasteiger partial charge in [-0.3, -0.25) is 0 Å². The molecular formula is C11H21N3O2S2. The quantitative estimate of drug-likeness (QED) is 0.778. The normalized spacial score (nSPS) is 28.1. The second-order valence-corrected chi connectivity index (χ2v) is 7.47. The maximum Gasteiger partial charge on any atom is 0.281 e. The van der Waals surface area contributed by atoms with Gasteiger partial charge in [-0.05, 0) is 25.7 Å². The Labute approximate surface area is 114 Å². The monoisotopic (exact) mass is 291 g/mol. The van der Waals surface area contributed by atoms with Crippen molar-refractivity contribution in [1.29, 1.82) is 0 Å². The first-order chi connectivity index (χ1) is 8.51. The minimum atomic E-state index is -3.30. The maximum absolute atomic E-state index is 12.5. The first-order valence-electron chi connectivity index (χ1n) is 6.56. The molecule has 0 aliphatic carbocycles. The van der Waals surface area contributed by atoms with Crippen LogP contribution >= 0.6 is 12.2 Å². The summed E-state index contributed by atoms with van der Waals surface area (Å²) >= 11 is 4.99. The number of nitrogens with zero attached hydrogens (tertiary/aromatic N) is 2. The van der Waals surface area contributed by atoms with Gasteiger partial charge in [-0.2, -0.15) is 17.0 Å². The van der Waals surface area contributed by atoms with Gasteiger partial charge in [-0.25, -0.2) is 0 Å². The summed E-state index contributed by atoms with van der Waals surface area (Å²) < 4.78 is 28.1. The fourth-order valence-electron chi connectivity index (χ4n) is 2.64. The van der Waals surface area contributed by atoms with E-state index in [4.69, 9.17) is 18.0 Å². The van der Waals surface area contributed by atoms with E-state index in [9.17, 15) is 8.42 Å². The van der Waals surface area contributed by atoms with Gasteiger partial charge in [0.15, 0.2) is 0 Å². The SMILES string of the molecule is NC(=S)C1CCCN(S(=O)(=O)N2CCCCC2)C1. The highest BCUT2D eigenvalue weighted by Gasteiger charge is 2.34. The number of thiocarbonyl (C=S) groups is 1. The number of hydrogen-bond donors (Lipinski definition) is 1. The van der Waals surface area contributed by atoms with Crippen LogP contribution in [0.25, 0.3) is 0 Å². The Kier molecular flexibility index (Phi) is 4.58. The molecule has 0 saturated carbocycles. The minimum Gasteiger partial charge on any atom is -0.393 e. The molecule has 2 aliphatic heterocycles. The summed E-state index contributed by atoms with van der Waals surface area (Å²) in [5.41, 5.74) is 5.65. The Balaban J connectivity index is 2.06. The average molecular weight is 291 g/mol. The van der Waals surface area contributed by atoms with E-state index in [1.807, 2.05) is 0 Å². The van der Waals surface area contributed by atoms with Gasteiger partial charge in [-0.1, -0.05) is 18.6 Å². The zero-order valence-electron chi connectivity index (χ0n) is 10.5. The van der Waals surface area contributed by atoms with Gasteiger partial charge in [0.2, 0.25) is 0 Å².